The lowest BCUT2D eigenvalue weighted by Crippen LogP contribution is -2.25. The highest BCUT2D eigenvalue weighted by Gasteiger charge is 2.33. The van der Waals surface area contributed by atoms with Gasteiger partial charge in [-0.1, -0.05) is 0 Å². The third-order valence-corrected chi connectivity index (χ3v) is 5.97. The highest BCUT2D eigenvalue weighted by atomic mass is 79.9. The first-order valence-electron chi connectivity index (χ1n) is 7.89. The number of furan rings is 1. The van der Waals surface area contributed by atoms with E-state index in [4.69, 9.17) is 4.42 Å². The molecule has 1 amide bonds. The summed E-state index contributed by atoms with van der Waals surface area (Å²) in [5.74, 6) is -0.847. The van der Waals surface area contributed by atoms with Crippen molar-refractivity contribution in [3.63, 3.8) is 0 Å². The summed E-state index contributed by atoms with van der Waals surface area (Å²) >= 11 is 3.26. The normalized spacial score (nSPS) is 12.4. The Labute approximate surface area is 171 Å². The number of nitrogens with zero attached hydrogens (tertiary/aromatic N) is 3. The van der Waals surface area contributed by atoms with E-state index in [1.54, 1.807) is 0 Å². The molecule has 1 N–H and O–H groups in total. The molecule has 29 heavy (non-hydrogen) atoms. The molecular weight excluding hydrogens is 481 g/mol. The van der Waals surface area contributed by atoms with Crippen LogP contribution in [-0.4, -0.2) is 44.5 Å². The minimum atomic E-state index is -4.62. The van der Waals surface area contributed by atoms with Crippen molar-refractivity contribution in [2.75, 3.05) is 24.7 Å². The van der Waals surface area contributed by atoms with Crippen LogP contribution in [0.2, 0.25) is 0 Å². The quantitative estimate of drug-likeness (QED) is 0.600. The maximum absolute atomic E-state index is 12.9. The van der Waals surface area contributed by atoms with Crippen LogP contribution in [0.25, 0.3) is 16.9 Å². The fourth-order valence-corrected chi connectivity index (χ4v) is 3.83. The average Bonchev–Trinajstić information content (AvgIpc) is 3.23. The standard InChI is InChI=1S/C16H14BrF3N4O4S/c1-21-14(25)13-9-4-10(17)11(23(2)29(3,26)27)5-12(9)28-15(13)24-7-8(6-22-24)16(18,19)20/h4-7H,1-3H3,(H,21,25). The van der Waals surface area contributed by atoms with Crippen LogP contribution in [0, 0.1) is 0 Å². The van der Waals surface area contributed by atoms with Gasteiger partial charge >= 0.3 is 6.18 Å². The Morgan fingerprint density at radius 1 is 1.34 bits per heavy atom. The first kappa shape index (κ1) is 21.2. The summed E-state index contributed by atoms with van der Waals surface area (Å²) in [5.41, 5.74) is -0.746. The number of sulfonamides is 1. The van der Waals surface area contributed by atoms with E-state index in [2.05, 4.69) is 26.3 Å². The van der Waals surface area contributed by atoms with E-state index in [1.807, 2.05) is 0 Å². The number of alkyl halides is 3. The second-order valence-electron chi connectivity index (χ2n) is 6.06. The highest BCUT2D eigenvalue weighted by molar-refractivity contribution is 9.10. The second-order valence-corrected chi connectivity index (χ2v) is 8.93. The van der Waals surface area contributed by atoms with Crippen molar-refractivity contribution in [2.45, 2.75) is 6.18 Å². The van der Waals surface area contributed by atoms with Gasteiger partial charge in [-0.15, -0.1) is 0 Å². The number of benzene rings is 1. The third kappa shape index (κ3) is 3.83. The molecule has 156 valence electrons. The van der Waals surface area contributed by atoms with Crippen LogP contribution in [0.15, 0.2) is 33.4 Å². The third-order valence-electron chi connectivity index (χ3n) is 4.15. The lowest BCUT2D eigenvalue weighted by Gasteiger charge is -2.18. The molecule has 0 atom stereocenters. The number of hydrogen-bond acceptors (Lipinski definition) is 5. The Morgan fingerprint density at radius 3 is 2.52 bits per heavy atom. The summed E-state index contributed by atoms with van der Waals surface area (Å²) < 4.78 is 70.2. The van der Waals surface area contributed by atoms with Crippen molar-refractivity contribution in [3.05, 3.63) is 40.1 Å². The molecular formula is C16H14BrF3N4O4S. The van der Waals surface area contributed by atoms with Gasteiger partial charge in [0.05, 0.1) is 23.7 Å². The van der Waals surface area contributed by atoms with Gasteiger partial charge in [0.15, 0.2) is 0 Å². The van der Waals surface area contributed by atoms with E-state index in [-0.39, 0.29) is 28.1 Å². The summed E-state index contributed by atoms with van der Waals surface area (Å²) in [7, 11) is -0.912. The minimum Gasteiger partial charge on any atom is -0.437 e. The monoisotopic (exact) mass is 494 g/mol. The molecule has 1 aromatic carbocycles. The molecule has 0 spiro atoms. The predicted octanol–water partition coefficient (Wildman–Crippen LogP) is 3.16. The molecule has 0 fully saturated rings. The molecule has 2 aromatic heterocycles. The van der Waals surface area contributed by atoms with E-state index < -0.39 is 27.7 Å². The van der Waals surface area contributed by atoms with Crippen molar-refractivity contribution in [2.24, 2.45) is 0 Å². The summed E-state index contributed by atoms with van der Waals surface area (Å²) in [5, 5.41) is 6.32. The van der Waals surface area contributed by atoms with Crippen molar-refractivity contribution in [1.29, 1.82) is 0 Å². The highest BCUT2D eigenvalue weighted by Crippen LogP contribution is 2.38. The Morgan fingerprint density at radius 2 is 2.00 bits per heavy atom. The molecule has 3 rings (SSSR count). The molecule has 0 saturated heterocycles. The molecule has 0 aliphatic carbocycles. The zero-order chi connectivity index (χ0) is 21.7. The van der Waals surface area contributed by atoms with Gasteiger partial charge in [-0.05, 0) is 22.0 Å². The number of anilines is 1. The van der Waals surface area contributed by atoms with Crippen LogP contribution in [0.4, 0.5) is 18.9 Å². The van der Waals surface area contributed by atoms with Crippen molar-refractivity contribution < 1.29 is 30.8 Å². The number of carbonyl (C=O) groups is 1. The van der Waals surface area contributed by atoms with Crippen molar-refractivity contribution in [3.8, 4) is 5.88 Å². The molecule has 0 aliphatic rings. The Hall–Kier alpha value is -2.54. The van der Waals surface area contributed by atoms with E-state index in [9.17, 15) is 26.4 Å². The summed E-state index contributed by atoms with van der Waals surface area (Å²) in [6.45, 7) is 0. The SMILES string of the molecule is CNC(=O)c1c(-n2cc(C(F)(F)F)cn2)oc2cc(N(C)S(C)(=O)=O)c(Br)cc12. The number of hydrogen-bond donors (Lipinski definition) is 1. The summed E-state index contributed by atoms with van der Waals surface area (Å²) in [4.78, 5) is 12.4. The molecule has 0 radical (unpaired) electrons. The minimum absolute atomic E-state index is 0.0476. The van der Waals surface area contributed by atoms with E-state index >= 15 is 0 Å². The second kappa shape index (κ2) is 7.06. The molecule has 0 saturated carbocycles. The first-order valence-corrected chi connectivity index (χ1v) is 10.5. The topological polar surface area (TPSA) is 97.4 Å². The average molecular weight is 495 g/mol. The van der Waals surface area contributed by atoms with Gasteiger partial charge in [0.1, 0.15) is 11.1 Å². The smallest absolute Gasteiger partial charge is 0.419 e. The molecule has 8 nitrogen and oxygen atoms in total. The van der Waals surface area contributed by atoms with Crippen LogP contribution < -0.4 is 9.62 Å². The lowest BCUT2D eigenvalue weighted by molar-refractivity contribution is -0.137. The van der Waals surface area contributed by atoms with Crippen LogP contribution in [0.5, 0.6) is 0 Å². The van der Waals surface area contributed by atoms with Crippen molar-refractivity contribution >= 4 is 48.5 Å². The van der Waals surface area contributed by atoms with Crippen LogP contribution in [0.1, 0.15) is 15.9 Å². The van der Waals surface area contributed by atoms with Gasteiger partial charge in [-0.3, -0.25) is 9.10 Å². The van der Waals surface area contributed by atoms with Gasteiger partial charge < -0.3 is 9.73 Å². The lowest BCUT2D eigenvalue weighted by atomic mass is 10.1. The largest absolute Gasteiger partial charge is 0.437 e. The van der Waals surface area contributed by atoms with Crippen LogP contribution in [0.3, 0.4) is 0 Å². The molecule has 13 heteroatoms. The van der Waals surface area contributed by atoms with Gasteiger partial charge in [0.2, 0.25) is 15.9 Å². The maximum atomic E-state index is 12.9. The zero-order valence-corrected chi connectivity index (χ0v) is 17.6. The van der Waals surface area contributed by atoms with Crippen LogP contribution in [-0.2, 0) is 16.2 Å². The Balaban J connectivity index is 2.28. The Bertz CT molecular complexity index is 1220. The maximum Gasteiger partial charge on any atom is 0.419 e. The first-order chi connectivity index (χ1) is 13.3. The van der Waals surface area contributed by atoms with Gasteiger partial charge in [-0.2, -0.15) is 18.3 Å². The van der Waals surface area contributed by atoms with E-state index in [0.29, 0.717) is 16.9 Å². The van der Waals surface area contributed by atoms with Crippen molar-refractivity contribution in [1.82, 2.24) is 15.1 Å². The number of aromatic nitrogens is 2. The van der Waals surface area contributed by atoms with E-state index in [1.165, 1.54) is 26.2 Å². The molecule has 0 aliphatic heterocycles. The number of nitrogens with one attached hydrogen (secondary N) is 1. The molecule has 0 unspecified atom stereocenters. The van der Waals surface area contributed by atoms with Crippen LogP contribution >= 0.6 is 15.9 Å². The predicted molar refractivity (Wildman–Crippen MR) is 103 cm³/mol. The summed E-state index contributed by atoms with van der Waals surface area (Å²) in [6, 6.07) is 2.82. The molecule has 3 aromatic rings. The number of rotatable bonds is 4. The molecule has 0 bridgehead atoms. The molecule has 2 heterocycles. The Kier molecular flexibility index (Phi) is 5.15. The number of fused-ring (bicyclic) bond motifs is 1. The number of carbonyl (C=O) groups excluding carboxylic acids is 1. The van der Waals surface area contributed by atoms with Gasteiger partial charge in [0.25, 0.3) is 5.91 Å². The number of halogens is 4. The zero-order valence-electron chi connectivity index (χ0n) is 15.2. The fourth-order valence-electron chi connectivity index (χ4n) is 2.60. The number of amides is 1. The van der Waals surface area contributed by atoms with E-state index in [0.717, 1.165) is 15.2 Å². The van der Waals surface area contributed by atoms with Gasteiger partial charge in [-0.25, -0.2) is 13.1 Å². The fraction of sp³-hybridized carbons (Fsp3) is 0.250. The summed E-state index contributed by atoms with van der Waals surface area (Å²) in [6.07, 6.45) is -2.30. The van der Waals surface area contributed by atoms with Gasteiger partial charge in [0, 0.05) is 36.2 Å².